The Kier molecular flexibility index (Phi) is 3.96. The fourth-order valence-electron chi connectivity index (χ4n) is 0.943. The molecule has 0 radical (unpaired) electrons. The van der Waals surface area contributed by atoms with Crippen LogP contribution in [0.25, 0.3) is 0 Å². The van der Waals surface area contributed by atoms with Crippen molar-refractivity contribution >= 4 is 5.69 Å². The number of hydrogen-bond donors (Lipinski definition) is 0. The average Bonchev–Trinajstić information content (AvgIpc) is 2.26. The monoisotopic (exact) mass is 217 g/mol. The highest BCUT2D eigenvalue weighted by Gasteiger charge is 2.10. The van der Waals surface area contributed by atoms with Crippen LogP contribution in [0, 0.1) is 10.1 Å². The van der Waals surface area contributed by atoms with Gasteiger partial charge >= 0.3 is 0 Å². The maximum absolute atomic E-state index is 12.1. The van der Waals surface area contributed by atoms with Crippen molar-refractivity contribution < 1.29 is 18.4 Å². The van der Waals surface area contributed by atoms with Crippen LogP contribution in [0.3, 0.4) is 0 Å². The van der Waals surface area contributed by atoms with E-state index in [1.54, 1.807) is 0 Å². The highest BCUT2D eigenvalue weighted by molar-refractivity contribution is 5.36. The molecule has 0 saturated carbocycles. The third kappa shape index (κ3) is 3.16. The summed E-state index contributed by atoms with van der Waals surface area (Å²) in [6.07, 6.45) is -1.15. The first-order chi connectivity index (χ1) is 7.17. The van der Waals surface area contributed by atoms with Crippen molar-refractivity contribution in [2.45, 2.75) is 6.10 Å². The molecule has 0 spiro atoms. The normalized spacial score (nSPS) is 10.3. The number of nitrogens with zero attached hydrogens (tertiary/aromatic N) is 1. The van der Waals surface area contributed by atoms with Crippen LogP contribution in [0.1, 0.15) is 0 Å². The minimum Gasteiger partial charge on any atom is -0.485 e. The van der Waals surface area contributed by atoms with Crippen molar-refractivity contribution in [1.29, 1.82) is 0 Å². The van der Waals surface area contributed by atoms with Crippen LogP contribution in [0.4, 0.5) is 14.5 Å². The average molecular weight is 217 g/mol. The molecule has 0 atom stereocenters. The van der Waals surface area contributed by atoms with Crippen molar-refractivity contribution in [1.82, 2.24) is 0 Å². The zero-order valence-electron chi connectivity index (χ0n) is 7.73. The summed E-state index contributed by atoms with van der Waals surface area (Å²) in [6.45, 7) is -1.87. The SMILES string of the molecule is O=[N+]([O-])c1ccc(OC(CF)CF)cc1. The Balaban J connectivity index is 2.67. The second-order valence-corrected chi connectivity index (χ2v) is 2.80. The first kappa shape index (κ1) is 11.4. The van der Waals surface area contributed by atoms with Crippen molar-refractivity contribution in [3.05, 3.63) is 34.4 Å². The maximum atomic E-state index is 12.1. The summed E-state index contributed by atoms with van der Waals surface area (Å²) in [4.78, 5) is 9.73. The molecule has 1 aromatic carbocycles. The molecule has 0 fully saturated rings. The van der Waals surface area contributed by atoms with Gasteiger partial charge in [0.25, 0.3) is 5.69 Å². The highest BCUT2D eigenvalue weighted by Crippen LogP contribution is 2.18. The molecule has 4 nitrogen and oxygen atoms in total. The number of rotatable bonds is 5. The number of nitro benzene ring substituents is 1. The summed E-state index contributed by atoms with van der Waals surface area (Å²) in [7, 11) is 0. The third-order valence-corrected chi connectivity index (χ3v) is 1.69. The van der Waals surface area contributed by atoms with Gasteiger partial charge < -0.3 is 4.74 Å². The molecule has 15 heavy (non-hydrogen) atoms. The van der Waals surface area contributed by atoms with E-state index < -0.39 is 24.4 Å². The Morgan fingerprint density at radius 1 is 1.27 bits per heavy atom. The molecule has 0 saturated heterocycles. The zero-order valence-corrected chi connectivity index (χ0v) is 7.73. The van der Waals surface area contributed by atoms with Crippen molar-refractivity contribution in [2.24, 2.45) is 0 Å². The van der Waals surface area contributed by atoms with Gasteiger partial charge in [-0.15, -0.1) is 0 Å². The molecule has 82 valence electrons. The molecule has 1 aromatic rings. The van der Waals surface area contributed by atoms with Crippen molar-refractivity contribution in [2.75, 3.05) is 13.3 Å². The molecule has 0 aliphatic heterocycles. The number of halogens is 2. The van der Waals surface area contributed by atoms with Gasteiger partial charge in [0.2, 0.25) is 0 Å². The number of hydrogen-bond acceptors (Lipinski definition) is 3. The van der Waals surface area contributed by atoms with Gasteiger partial charge in [-0.2, -0.15) is 0 Å². The van der Waals surface area contributed by atoms with Crippen LogP contribution in [0.15, 0.2) is 24.3 Å². The van der Waals surface area contributed by atoms with E-state index in [0.717, 1.165) is 0 Å². The Bertz CT molecular complexity index is 325. The fourth-order valence-corrected chi connectivity index (χ4v) is 0.943. The number of nitro groups is 1. The summed E-state index contributed by atoms with van der Waals surface area (Å²) < 4.78 is 29.0. The molecule has 0 amide bonds. The van der Waals surface area contributed by atoms with Crippen LogP contribution in [0.2, 0.25) is 0 Å². The molecule has 0 aliphatic carbocycles. The van der Waals surface area contributed by atoms with Crippen LogP contribution in [-0.4, -0.2) is 24.4 Å². The fraction of sp³-hybridized carbons (Fsp3) is 0.333. The van der Waals surface area contributed by atoms with Crippen LogP contribution in [0.5, 0.6) is 5.75 Å². The predicted octanol–water partition coefficient (Wildman–Crippen LogP) is 2.28. The number of alkyl halides is 2. The summed E-state index contributed by atoms with van der Waals surface area (Å²) in [5.74, 6) is 0.209. The number of benzene rings is 1. The van der Waals surface area contributed by atoms with E-state index in [0.29, 0.717) is 0 Å². The summed E-state index contributed by atoms with van der Waals surface area (Å²) >= 11 is 0. The summed E-state index contributed by atoms with van der Waals surface area (Å²) in [5, 5.41) is 10.3. The topological polar surface area (TPSA) is 52.4 Å². The highest BCUT2D eigenvalue weighted by atomic mass is 19.1. The largest absolute Gasteiger partial charge is 0.485 e. The van der Waals surface area contributed by atoms with E-state index in [-0.39, 0.29) is 11.4 Å². The lowest BCUT2D eigenvalue weighted by atomic mass is 10.3. The minimum absolute atomic E-state index is 0.0978. The molecule has 0 heterocycles. The van der Waals surface area contributed by atoms with Gasteiger partial charge in [-0.3, -0.25) is 10.1 Å². The third-order valence-electron chi connectivity index (χ3n) is 1.69. The molecule has 0 bridgehead atoms. The van der Waals surface area contributed by atoms with E-state index >= 15 is 0 Å². The summed E-state index contributed by atoms with van der Waals surface area (Å²) in [5.41, 5.74) is -0.0978. The van der Waals surface area contributed by atoms with E-state index in [4.69, 9.17) is 4.74 Å². The number of non-ortho nitro benzene ring substituents is 1. The quantitative estimate of drug-likeness (QED) is 0.561. The second kappa shape index (κ2) is 5.23. The van der Waals surface area contributed by atoms with Crippen LogP contribution in [-0.2, 0) is 0 Å². The van der Waals surface area contributed by atoms with Crippen molar-refractivity contribution in [3.8, 4) is 5.75 Å². The number of ether oxygens (including phenoxy) is 1. The van der Waals surface area contributed by atoms with Crippen LogP contribution < -0.4 is 4.74 Å². The molecule has 1 rings (SSSR count). The Hall–Kier alpha value is -1.72. The lowest BCUT2D eigenvalue weighted by molar-refractivity contribution is -0.384. The molecule has 0 N–H and O–H groups in total. The molecular weight excluding hydrogens is 208 g/mol. The van der Waals surface area contributed by atoms with Gasteiger partial charge in [-0.1, -0.05) is 0 Å². The van der Waals surface area contributed by atoms with Gasteiger partial charge in [-0.05, 0) is 12.1 Å². The van der Waals surface area contributed by atoms with Gasteiger partial charge in [-0.25, -0.2) is 8.78 Å². The maximum Gasteiger partial charge on any atom is 0.269 e. The van der Waals surface area contributed by atoms with E-state index in [2.05, 4.69) is 0 Å². The first-order valence-corrected chi connectivity index (χ1v) is 4.20. The molecule has 0 aromatic heterocycles. The molecular formula is C9H9F2NO3. The van der Waals surface area contributed by atoms with Gasteiger partial charge in [0.05, 0.1) is 4.92 Å². The van der Waals surface area contributed by atoms with Crippen LogP contribution >= 0.6 is 0 Å². The van der Waals surface area contributed by atoms with Gasteiger partial charge in [0.1, 0.15) is 19.1 Å². The van der Waals surface area contributed by atoms with Gasteiger partial charge in [0, 0.05) is 12.1 Å². The molecule has 0 unspecified atom stereocenters. The van der Waals surface area contributed by atoms with Crippen molar-refractivity contribution in [3.63, 3.8) is 0 Å². The Morgan fingerprint density at radius 2 is 1.80 bits per heavy atom. The Labute approximate surface area is 84.6 Å². The predicted molar refractivity (Wildman–Crippen MR) is 49.5 cm³/mol. The second-order valence-electron chi connectivity index (χ2n) is 2.80. The summed E-state index contributed by atoms with van der Waals surface area (Å²) in [6, 6.07) is 5.03. The van der Waals surface area contributed by atoms with E-state index in [1.165, 1.54) is 24.3 Å². The first-order valence-electron chi connectivity index (χ1n) is 4.20. The molecule has 0 aliphatic rings. The Morgan fingerprint density at radius 3 is 2.20 bits per heavy atom. The smallest absolute Gasteiger partial charge is 0.269 e. The van der Waals surface area contributed by atoms with E-state index in [1.807, 2.05) is 0 Å². The lowest BCUT2D eigenvalue weighted by Crippen LogP contribution is -2.20. The van der Waals surface area contributed by atoms with Gasteiger partial charge in [0.15, 0.2) is 6.10 Å². The minimum atomic E-state index is -1.15. The lowest BCUT2D eigenvalue weighted by Gasteiger charge is -2.11. The van der Waals surface area contributed by atoms with E-state index in [9.17, 15) is 18.9 Å². The zero-order chi connectivity index (χ0) is 11.3. The standard InChI is InChI=1S/C9H9F2NO3/c10-5-9(6-11)15-8-3-1-7(2-4-8)12(13)14/h1-4,9H,5-6H2. The molecule has 6 heteroatoms.